The Morgan fingerprint density at radius 1 is 1.59 bits per heavy atom. The predicted octanol–water partition coefficient (Wildman–Crippen LogP) is 0.825. The molecule has 0 atom stereocenters. The number of hydrogen-bond donors (Lipinski definition) is 2. The third-order valence-corrected chi connectivity index (χ3v) is 2.88. The first-order chi connectivity index (χ1) is 8.27. The number of nitrogens with one attached hydrogen (secondary N) is 1. The zero-order valence-electron chi connectivity index (χ0n) is 9.79. The van der Waals surface area contributed by atoms with Gasteiger partial charge in [0.15, 0.2) is 0 Å². The molecule has 1 aromatic rings. The SMILES string of the molecule is CCOCCNC(=O)c1ccc(C#CCN)s1. The minimum Gasteiger partial charge on any atom is -0.380 e. The molecule has 0 bridgehead atoms. The van der Waals surface area contributed by atoms with Crippen molar-refractivity contribution in [2.45, 2.75) is 6.92 Å². The molecule has 1 rings (SSSR count). The molecule has 0 spiro atoms. The maximum Gasteiger partial charge on any atom is 0.261 e. The molecule has 4 nitrogen and oxygen atoms in total. The van der Waals surface area contributed by atoms with E-state index in [0.29, 0.717) is 31.2 Å². The van der Waals surface area contributed by atoms with E-state index in [-0.39, 0.29) is 5.91 Å². The first-order valence-corrected chi connectivity index (χ1v) is 6.24. The van der Waals surface area contributed by atoms with Crippen molar-refractivity contribution < 1.29 is 9.53 Å². The average Bonchev–Trinajstić information content (AvgIpc) is 2.80. The Bertz CT molecular complexity index is 418. The van der Waals surface area contributed by atoms with Gasteiger partial charge in [-0.3, -0.25) is 4.79 Å². The molecule has 0 unspecified atom stereocenters. The summed E-state index contributed by atoms with van der Waals surface area (Å²) < 4.78 is 5.13. The van der Waals surface area contributed by atoms with Crippen molar-refractivity contribution in [3.8, 4) is 11.8 Å². The van der Waals surface area contributed by atoms with E-state index in [1.165, 1.54) is 11.3 Å². The van der Waals surface area contributed by atoms with Crippen LogP contribution in [0.15, 0.2) is 12.1 Å². The lowest BCUT2D eigenvalue weighted by Gasteiger charge is -2.02. The Hall–Kier alpha value is -1.35. The van der Waals surface area contributed by atoms with Gasteiger partial charge in [-0.25, -0.2) is 0 Å². The van der Waals surface area contributed by atoms with E-state index in [9.17, 15) is 4.79 Å². The molecule has 0 aliphatic rings. The highest BCUT2D eigenvalue weighted by Gasteiger charge is 2.07. The van der Waals surface area contributed by atoms with E-state index in [2.05, 4.69) is 17.2 Å². The molecule has 0 saturated carbocycles. The predicted molar refractivity (Wildman–Crippen MR) is 69.1 cm³/mol. The van der Waals surface area contributed by atoms with Crippen molar-refractivity contribution in [2.75, 3.05) is 26.3 Å². The van der Waals surface area contributed by atoms with Gasteiger partial charge in [-0.05, 0) is 19.1 Å². The van der Waals surface area contributed by atoms with Crippen LogP contribution in [0.3, 0.4) is 0 Å². The van der Waals surface area contributed by atoms with Crippen LogP contribution in [0.5, 0.6) is 0 Å². The van der Waals surface area contributed by atoms with Gasteiger partial charge >= 0.3 is 0 Å². The topological polar surface area (TPSA) is 64.3 Å². The lowest BCUT2D eigenvalue weighted by atomic mass is 10.4. The van der Waals surface area contributed by atoms with Crippen LogP contribution in [0, 0.1) is 11.8 Å². The van der Waals surface area contributed by atoms with Crippen LogP contribution >= 0.6 is 11.3 Å². The Labute approximate surface area is 105 Å². The standard InChI is InChI=1S/C12H16N2O2S/c1-2-16-9-8-14-12(15)11-6-5-10(17-11)4-3-7-13/h5-6H,2,7-9,13H2,1H3,(H,14,15). The first kappa shape index (κ1) is 13.7. The summed E-state index contributed by atoms with van der Waals surface area (Å²) >= 11 is 1.36. The van der Waals surface area contributed by atoms with Gasteiger partial charge in [0.05, 0.1) is 22.9 Å². The molecule has 5 heteroatoms. The second-order valence-electron chi connectivity index (χ2n) is 3.12. The molecule has 0 aromatic carbocycles. The number of rotatable bonds is 5. The van der Waals surface area contributed by atoms with E-state index in [4.69, 9.17) is 10.5 Å². The minimum absolute atomic E-state index is 0.0875. The van der Waals surface area contributed by atoms with Gasteiger partial charge in [0, 0.05) is 13.2 Å². The molecule has 0 aliphatic heterocycles. The van der Waals surface area contributed by atoms with Crippen molar-refractivity contribution >= 4 is 17.2 Å². The highest BCUT2D eigenvalue weighted by atomic mass is 32.1. The third-order valence-electron chi connectivity index (χ3n) is 1.88. The summed E-state index contributed by atoms with van der Waals surface area (Å²) in [6, 6.07) is 3.59. The smallest absolute Gasteiger partial charge is 0.261 e. The fraction of sp³-hybridized carbons (Fsp3) is 0.417. The highest BCUT2D eigenvalue weighted by Crippen LogP contribution is 2.14. The van der Waals surface area contributed by atoms with E-state index in [0.717, 1.165) is 4.88 Å². The molecule has 1 amide bonds. The Morgan fingerprint density at radius 3 is 3.12 bits per heavy atom. The Kier molecular flexibility index (Phi) is 6.33. The summed E-state index contributed by atoms with van der Waals surface area (Å²) in [6.07, 6.45) is 0. The Morgan fingerprint density at radius 2 is 2.41 bits per heavy atom. The van der Waals surface area contributed by atoms with Crippen LogP contribution in [0.1, 0.15) is 21.5 Å². The van der Waals surface area contributed by atoms with Gasteiger partial charge in [0.25, 0.3) is 5.91 Å². The lowest BCUT2D eigenvalue weighted by molar-refractivity contribution is 0.0926. The number of amides is 1. The van der Waals surface area contributed by atoms with Crippen molar-refractivity contribution in [3.63, 3.8) is 0 Å². The monoisotopic (exact) mass is 252 g/mol. The van der Waals surface area contributed by atoms with E-state index < -0.39 is 0 Å². The number of carbonyl (C=O) groups is 1. The van der Waals surface area contributed by atoms with Crippen LogP contribution in [-0.2, 0) is 4.74 Å². The molecular formula is C12H16N2O2S. The molecule has 3 N–H and O–H groups in total. The molecular weight excluding hydrogens is 236 g/mol. The normalized spacial score (nSPS) is 9.53. The van der Waals surface area contributed by atoms with Crippen LogP contribution in [0.4, 0.5) is 0 Å². The molecule has 0 fully saturated rings. The van der Waals surface area contributed by atoms with E-state index >= 15 is 0 Å². The molecule has 0 radical (unpaired) electrons. The summed E-state index contributed by atoms with van der Waals surface area (Å²) in [5.74, 6) is 5.56. The number of thiophene rings is 1. The molecule has 0 aliphatic carbocycles. The van der Waals surface area contributed by atoms with Crippen LogP contribution < -0.4 is 11.1 Å². The van der Waals surface area contributed by atoms with Gasteiger partial charge in [0.1, 0.15) is 0 Å². The summed E-state index contributed by atoms with van der Waals surface area (Å²) in [6.45, 7) is 3.97. The second kappa shape index (κ2) is 7.85. The summed E-state index contributed by atoms with van der Waals surface area (Å²) in [5.41, 5.74) is 5.27. The van der Waals surface area contributed by atoms with E-state index in [1.54, 1.807) is 6.07 Å². The second-order valence-corrected chi connectivity index (χ2v) is 4.21. The van der Waals surface area contributed by atoms with Crippen molar-refractivity contribution in [2.24, 2.45) is 5.73 Å². The maximum absolute atomic E-state index is 11.7. The fourth-order valence-corrected chi connectivity index (χ4v) is 1.93. The zero-order chi connectivity index (χ0) is 12.5. The van der Waals surface area contributed by atoms with Gasteiger partial charge in [-0.2, -0.15) is 0 Å². The van der Waals surface area contributed by atoms with Crippen molar-refractivity contribution in [3.05, 3.63) is 21.9 Å². The molecule has 92 valence electrons. The quantitative estimate of drug-likeness (QED) is 0.602. The van der Waals surface area contributed by atoms with E-state index in [1.807, 2.05) is 13.0 Å². The van der Waals surface area contributed by atoms with Gasteiger partial charge in [-0.1, -0.05) is 11.8 Å². The maximum atomic E-state index is 11.7. The van der Waals surface area contributed by atoms with Gasteiger partial charge in [-0.15, -0.1) is 11.3 Å². The molecule has 1 aromatic heterocycles. The van der Waals surface area contributed by atoms with Crippen LogP contribution in [-0.4, -0.2) is 32.2 Å². The first-order valence-electron chi connectivity index (χ1n) is 5.42. The van der Waals surface area contributed by atoms with Crippen LogP contribution in [0.25, 0.3) is 0 Å². The van der Waals surface area contributed by atoms with Crippen LogP contribution in [0.2, 0.25) is 0 Å². The average molecular weight is 252 g/mol. The highest BCUT2D eigenvalue weighted by molar-refractivity contribution is 7.14. The summed E-state index contributed by atoms with van der Waals surface area (Å²) in [4.78, 5) is 13.2. The molecule has 1 heterocycles. The van der Waals surface area contributed by atoms with Crippen molar-refractivity contribution in [1.82, 2.24) is 5.32 Å². The number of carbonyl (C=O) groups excluding carboxylic acids is 1. The summed E-state index contributed by atoms with van der Waals surface area (Å²) in [7, 11) is 0. The number of ether oxygens (including phenoxy) is 1. The molecule has 17 heavy (non-hydrogen) atoms. The molecule has 0 saturated heterocycles. The van der Waals surface area contributed by atoms with Gasteiger partial charge < -0.3 is 15.8 Å². The number of nitrogens with two attached hydrogens (primary N) is 1. The Balaban J connectivity index is 2.43. The zero-order valence-corrected chi connectivity index (χ0v) is 10.6. The van der Waals surface area contributed by atoms with Gasteiger partial charge in [0.2, 0.25) is 0 Å². The fourth-order valence-electron chi connectivity index (χ4n) is 1.13. The van der Waals surface area contributed by atoms with Crippen molar-refractivity contribution in [1.29, 1.82) is 0 Å². The third kappa shape index (κ3) is 5.00. The lowest BCUT2D eigenvalue weighted by Crippen LogP contribution is -2.26. The largest absolute Gasteiger partial charge is 0.380 e. The summed E-state index contributed by atoms with van der Waals surface area (Å²) in [5, 5.41) is 2.78. The number of hydrogen-bond acceptors (Lipinski definition) is 4. The minimum atomic E-state index is -0.0875.